The van der Waals surface area contributed by atoms with Crippen LogP contribution in [0.2, 0.25) is 5.02 Å². The molecule has 1 unspecified atom stereocenters. The van der Waals surface area contributed by atoms with Crippen molar-refractivity contribution in [3.8, 4) is 0 Å². The van der Waals surface area contributed by atoms with Crippen LogP contribution in [0.25, 0.3) is 11.0 Å². The number of rotatable bonds is 5. The average molecular weight is 488 g/mol. The molecule has 1 atom stereocenters. The molecule has 1 N–H and O–H groups in total. The maximum Gasteiger partial charge on any atom is 0.349 e. The highest BCUT2D eigenvalue weighted by atomic mass is 35.5. The third kappa shape index (κ3) is 4.44. The Kier molecular flexibility index (Phi) is 6.38. The Bertz CT molecular complexity index is 1310. The molecule has 0 fully saturated rings. The van der Waals surface area contributed by atoms with E-state index in [0.717, 1.165) is 36.1 Å². The SMILES string of the molecule is CCC(C)(C)C1CCc2c(sc(NC(=O)c3cc4cc(Cl)ccc4oc3=O)c2C(=O)OC)C1. The van der Waals surface area contributed by atoms with Gasteiger partial charge < -0.3 is 14.5 Å². The summed E-state index contributed by atoms with van der Waals surface area (Å²) in [6, 6.07) is 6.26. The van der Waals surface area contributed by atoms with Gasteiger partial charge in [-0.1, -0.05) is 38.8 Å². The molecule has 2 aromatic heterocycles. The lowest BCUT2D eigenvalue weighted by atomic mass is 9.69. The molecule has 4 rings (SSSR count). The average Bonchev–Trinajstić information content (AvgIpc) is 3.15. The number of methoxy groups -OCH3 is 1. The van der Waals surface area contributed by atoms with Crippen LogP contribution in [0.1, 0.15) is 64.8 Å². The zero-order chi connectivity index (χ0) is 23.9. The summed E-state index contributed by atoms with van der Waals surface area (Å²) in [6.07, 6.45) is 3.62. The summed E-state index contributed by atoms with van der Waals surface area (Å²) in [7, 11) is 1.32. The molecule has 2 heterocycles. The van der Waals surface area contributed by atoms with Gasteiger partial charge in [0, 0.05) is 15.3 Å². The van der Waals surface area contributed by atoms with Gasteiger partial charge in [0.2, 0.25) is 0 Å². The van der Waals surface area contributed by atoms with E-state index >= 15 is 0 Å². The Morgan fingerprint density at radius 3 is 2.76 bits per heavy atom. The Labute approximate surface area is 200 Å². The maximum absolute atomic E-state index is 13.1. The predicted octanol–water partition coefficient (Wildman–Crippen LogP) is 6.09. The van der Waals surface area contributed by atoms with E-state index in [1.165, 1.54) is 24.5 Å². The minimum absolute atomic E-state index is 0.156. The van der Waals surface area contributed by atoms with Gasteiger partial charge in [-0.3, -0.25) is 4.79 Å². The molecular weight excluding hydrogens is 462 g/mol. The molecule has 0 saturated carbocycles. The number of carbonyl (C=O) groups excluding carboxylic acids is 2. The van der Waals surface area contributed by atoms with E-state index in [9.17, 15) is 14.4 Å². The molecule has 8 heteroatoms. The number of benzene rings is 1. The number of amides is 1. The Morgan fingerprint density at radius 1 is 1.30 bits per heavy atom. The fraction of sp³-hybridized carbons (Fsp3) is 0.400. The van der Waals surface area contributed by atoms with E-state index < -0.39 is 17.5 Å². The standard InChI is InChI=1S/C25H26ClNO5S/c1-5-25(2,3)14-6-8-16-19(12-14)33-22(20(16)24(30)31-4)27-21(28)17-11-13-10-15(26)7-9-18(13)32-23(17)29/h7,9-11,14H,5-6,8,12H2,1-4H3,(H,27,28). The topological polar surface area (TPSA) is 85.6 Å². The molecule has 1 aliphatic rings. The molecule has 0 bridgehead atoms. The highest BCUT2D eigenvalue weighted by Crippen LogP contribution is 2.45. The summed E-state index contributed by atoms with van der Waals surface area (Å²) in [5.74, 6) is -0.645. The molecule has 0 spiro atoms. The molecule has 33 heavy (non-hydrogen) atoms. The molecule has 1 amide bonds. The van der Waals surface area contributed by atoms with Gasteiger partial charge in [0.1, 0.15) is 16.1 Å². The van der Waals surface area contributed by atoms with Crippen molar-refractivity contribution < 1.29 is 18.7 Å². The zero-order valence-corrected chi connectivity index (χ0v) is 20.6. The second kappa shape index (κ2) is 8.95. The summed E-state index contributed by atoms with van der Waals surface area (Å²) < 4.78 is 10.3. The van der Waals surface area contributed by atoms with Gasteiger partial charge in [0.25, 0.3) is 5.91 Å². The lowest BCUT2D eigenvalue weighted by Gasteiger charge is -2.36. The van der Waals surface area contributed by atoms with E-state index in [0.29, 0.717) is 32.5 Å². The van der Waals surface area contributed by atoms with Crippen LogP contribution in [0.4, 0.5) is 5.00 Å². The van der Waals surface area contributed by atoms with E-state index in [4.69, 9.17) is 20.8 Å². The van der Waals surface area contributed by atoms with Gasteiger partial charge in [-0.05, 0) is 60.4 Å². The summed E-state index contributed by atoms with van der Waals surface area (Å²) in [4.78, 5) is 39.2. The smallest absolute Gasteiger partial charge is 0.349 e. The summed E-state index contributed by atoms with van der Waals surface area (Å²) >= 11 is 7.42. The van der Waals surface area contributed by atoms with E-state index in [2.05, 4.69) is 26.1 Å². The quantitative estimate of drug-likeness (QED) is 0.347. The van der Waals surface area contributed by atoms with Gasteiger partial charge in [0.05, 0.1) is 12.7 Å². The monoisotopic (exact) mass is 487 g/mol. The third-order valence-electron chi connectivity index (χ3n) is 6.84. The molecule has 1 aromatic carbocycles. The lowest BCUT2D eigenvalue weighted by Crippen LogP contribution is -2.28. The van der Waals surface area contributed by atoms with Gasteiger partial charge in [-0.25, -0.2) is 9.59 Å². The van der Waals surface area contributed by atoms with Crippen LogP contribution in [-0.4, -0.2) is 19.0 Å². The van der Waals surface area contributed by atoms with Crippen LogP contribution in [-0.2, 0) is 17.6 Å². The van der Waals surface area contributed by atoms with E-state index in [1.807, 2.05) is 0 Å². The van der Waals surface area contributed by atoms with Gasteiger partial charge in [-0.2, -0.15) is 0 Å². The molecule has 1 aliphatic carbocycles. The normalized spacial score (nSPS) is 15.8. The molecular formula is C25H26ClNO5S. The molecule has 3 aromatic rings. The van der Waals surface area contributed by atoms with Crippen LogP contribution < -0.4 is 10.9 Å². The summed E-state index contributed by atoms with van der Waals surface area (Å²) in [6.45, 7) is 6.73. The number of nitrogens with one attached hydrogen (secondary N) is 1. The number of fused-ring (bicyclic) bond motifs is 2. The lowest BCUT2D eigenvalue weighted by molar-refractivity contribution is 0.0600. The van der Waals surface area contributed by atoms with E-state index in [-0.39, 0.29) is 11.0 Å². The van der Waals surface area contributed by atoms with Crippen molar-refractivity contribution in [1.29, 1.82) is 0 Å². The third-order valence-corrected chi connectivity index (χ3v) is 8.24. The Balaban J connectivity index is 1.70. The highest BCUT2D eigenvalue weighted by molar-refractivity contribution is 7.17. The van der Waals surface area contributed by atoms with Crippen LogP contribution in [0, 0.1) is 11.3 Å². The number of thiophene rings is 1. The predicted molar refractivity (Wildman–Crippen MR) is 131 cm³/mol. The number of hydrogen-bond donors (Lipinski definition) is 1. The number of anilines is 1. The number of halogens is 1. The Morgan fingerprint density at radius 2 is 2.06 bits per heavy atom. The number of ether oxygens (including phenoxy) is 1. The maximum atomic E-state index is 13.1. The molecule has 0 radical (unpaired) electrons. The summed E-state index contributed by atoms with van der Waals surface area (Å²) in [5, 5.41) is 4.17. The van der Waals surface area contributed by atoms with Crippen molar-refractivity contribution in [3.63, 3.8) is 0 Å². The fourth-order valence-corrected chi connectivity index (χ4v) is 5.86. The first-order valence-electron chi connectivity index (χ1n) is 10.9. The number of esters is 1. The number of carbonyl (C=O) groups is 2. The largest absolute Gasteiger partial charge is 0.465 e. The van der Waals surface area contributed by atoms with Gasteiger partial charge in [0.15, 0.2) is 0 Å². The van der Waals surface area contributed by atoms with Crippen molar-refractivity contribution in [2.24, 2.45) is 11.3 Å². The molecule has 174 valence electrons. The van der Waals surface area contributed by atoms with Crippen LogP contribution in [0.15, 0.2) is 33.5 Å². The van der Waals surface area contributed by atoms with Crippen molar-refractivity contribution in [2.45, 2.75) is 46.5 Å². The molecule has 0 aliphatic heterocycles. The van der Waals surface area contributed by atoms with Gasteiger partial charge in [-0.15, -0.1) is 11.3 Å². The second-order valence-electron chi connectivity index (χ2n) is 9.07. The first kappa shape index (κ1) is 23.5. The fourth-order valence-electron chi connectivity index (χ4n) is 4.37. The minimum atomic E-state index is -0.756. The van der Waals surface area contributed by atoms with Gasteiger partial charge >= 0.3 is 11.6 Å². The van der Waals surface area contributed by atoms with Crippen LogP contribution >= 0.6 is 22.9 Å². The van der Waals surface area contributed by atoms with Crippen LogP contribution in [0.3, 0.4) is 0 Å². The molecule has 0 saturated heterocycles. The highest BCUT2D eigenvalue weighted by Gasteiger charge is 2.35. The Hall–Kier alpha value is -2.64. The summed E-state index contributed by atoms with van der Waals surface area (Å²) in [5.41, 5.74) is 0.925. The van der Waals surface area contributed by atoms with Crippen molar-refractivity contribution >= 4 is 50.8 Å². The minimum Gasteiger partial charge on any atom is -0.465 e. The van der Waals surface area contributed by atoms with Crippen molar-refractivity contribution in [2.75, 3.05) is 12.4 Å². The van der Waals surface area contributed by atoms with Crippen LogP contribution in [0.5, 0.6) is 0 Å². The second-order valence-corrected chi connectivity index (χ2v) is 10.6. The zero-order valence-electron chi connectivity index (χ0n) is 19.0. The van der Waals surface area contributed by atoms with Crippen molar-refractivity contribution in [3.05, 3.63) is 61.3 Å². The van der Waals surface area contributed by atoms with Crippen molar-refractivity contribution in [1.82, 2.24) is 0 Å². The van der Waals surface area contributed by atoms with E-state index in [1.54, 1.807) is 18.2 Å². The number of hydrogen-bond acceptors (Lipinski definition) is 6. The molecule has 6 nitrogen and oxygen atoms in total. The first-order chi connectivity index (χ1) is 15.6. The first-order valence-corrected chi connectivity index (χ1v) is 12.1.